The summed E-state index contributed by atoms with van der Waals surface area (Å²) >= 11 is 0. The van der Waals surface area contributed by atoms with Crippen LogP contribution in [0.25, 0.3) is 11.0 Å². The number of nitrogens with one attached hydrogen (secondary N) is 2. The number of hydrogen-bond donors (Lipinski definition) is 4. The van der Waals surface area contributed by atoms with Gasteiger partial charge < -0.3 is 20.1 Å². The van der Waals surface area contributed by atoms with Crippen LogP contribution < -0.4 is 10.8 Å². The molecule has 148 valence electrons. The normalized spacial score (nSPS) is 12.2. The van der Waals surface area contributed by atoms with Crippen molar-refractivity contribution in [2.45, 2.75) is 20.0 Å². The third-order valence-corrected chi connectivity index (χ3v) is 4.46. The highest BCUT2D eigenvalue weighted by molar-refractivity contribution is 6.11. The Bertz CT molecular complexity index is 999. The first-order valence-corrected chi connectivity index (χ1v) is 8.91. The van der Waals surface area contributed by atoms with Crippen LogP contribution in [0.3, 0.4) is 0 Å². The summed E-state index contributed by atoms with van der Waals surface area (Å²) in [6.07, 6.45) is 0.598. The molecule has 4 N–H and O–H groups in total. The van der Waals surface area contributed by atoms with Gasteiger partial charge in [-0.25, -0.2) is 10.5 Å². The molecule has 3 aromatic rings. The third-order valence-electron chi connectivity index (χ3n) is 4.46. The summed E-state index contributed by atoms with van der Waals surface area (Å²) in [6.45, 7) is 3.35. The van der Waals surface area contributed by atoms with Crippen LogP contribution in [0, 0.1) is 13.8 Å². The predicted octanol–water partition coefficient (Wildman–Crippen LogP) is 1.95. The molecule has 2 aromatic heterocycles. The van der Waals surface area contributed by atoms with Gasteiger partial charge in [-0.05, 0) is 37.6 Å². The van der Waals surface area contributed by atoms with Gasteiger partial charge in [0.15, 0.2) is 0 Å². The van der Waals surface area contributed by atoms with Crippen molar-refractivity contribution < 1.29 is 19.8 Å². The van der Waals surface area contributed by atoms with Crippen molar-refractivity contribution in [3.05, 3.63) is 53.2 Å². The number of carbonyl (C=O) groups excluding carboxylic acids is 1. The van der Waals surface area contributed by atoms with E-state index in [1.54, 1.807) is 12.3 Å². The molecule has 3 rings (SSSR count). The summed E-state index contributed by atoms with van der Waals surface area (Å²) in [5.74, 6) is 0.0977. The van der Waals surface area contributed by atoms with Gasteiger partial charge in [-0.3, -0.25) is 9.63 Å². The van der Waals surface area contributed by atoms with Crippen molar-refractivity contribution in [2.24, 2.45) is 7.05 Å². The van der Waals surface area contributed by atoms with Gasteiger partial charge in [-0.2, -0.15) is 0 Å². The highest BCUT2D eigenvalue weighted by atomic mass is 16.7. The minimum Gasteiger partial charge on any atom is -0.394 e. The largest absolute Gasteiger partial charge is 0.394 e. The number of nitrogens with zero attached hydrogens (tertiary/aromatic N) is 2. The second-order valence-corrected chi connectivity index (χ2v) is 6.68. The lowest BCUT2D eigenvalue weighted by molar-refractivity contribution is -0.0294. The molecule has 0 aliphatic carbocycles. The quantitative estimate of drug-likeness (QED) is 0.464. The van der Waals surface area contributed by atoms with Gasteiger partial charge >= 0.3 is 0 Å². The minimum absolute atomic E-state index is 0.217. The lowest BCUT2D eigenvalue weighted by atomic mass is 10.1. The van der Waals surface area contributed by atoms with Crippen molar-refractivity contribution in [1.29, 1.82) is 0 Å². The first-order valence-electron chi connectivity index (χ1n) is 8.91. The van der Waals surface area contributed by atoms with E-state index in [-0.39, 0.29) is 6.61 Å². The fourth-order valence-corrected chi connectivity index (χ4v) is 3.03. The van der Waals surface area contributed by atoms with Gasteiger partial charge in [-0.1, -0.05) is 17.7 Å². The smallest absolute Gasteiger partial charge is 0.279 e. The number of benzene rings is 1. The van der Waals surface area contributed by atoms with E-state index in [1.807, 2.05) is 43.7 Å². The third kappa shape index (κ3) is 3.99. The maximum atomic E-state index is 12.8. The molecule has 0 bridgehead atoms. The second-order valence-electron chi connectivity index (χ2n) is 6.68. The standard InChI is InChI=1S/C20H24N4O4/c1-12-6-7-16(13(2)9-12)22-19-17(20(27)23-28-11-14(26)10-25)15-5-4-8-21-18(15)24(19)3/h4-9,14,22,25-26H,10-11H2,1-3H3,(H,23,27). The average Bonchev–Trinajstić information content (AvgIpc) is 2.96. The number of rotatable bonds is 7. The lowest BCUT2D eigenvalue weighted by Crippen LogP contribution is -2.30. The minimum atomic E-state index is -1.07. The summed E-state index contributed by atoms with van der Waals surface area (Å²) in [7, 11) is 1.83. The molecule has 0 aliphatic heterocycles. The number of hydrogen-bond acceptors (Lipinski definition) is 6. The van der Waals surface area contributed by atoms with Crippen LogP contribution in [-0.4, -0.2) is 45.0 Å². The molecule has 1 atom stereocenters. The second kappa shape index (κ2) is 8.39. The van der Waals surface area contributed by atoms with E-state index in [1.165, 1.54) is 0 Å². The molecule has 0 radical (unpaired) electrons. The topological polar surface area (TPSA) is 109 Å². The maximum absolute atomic E-state index is 12.8. The number of aromatic nitrogens is 2. The summed E-state index contributed by atoms with van der Waals surface area (Å²) in [5, 5.41) is 22.2. The number of amides is 1. The van der Waals surface area contributed by atoms with E-state index < -0.39 is 18.6 Å². The van der Waals surface area contributed by atoms with Gasteiger partial charge in [0, 0.05) is 24.3 Å². The molecule has 1 amide bonds. The molecule has 2 heterocycles. The molecule has 0 fully saturated rings. The van der Waals surface area contributed by atoms with Crippen LogP contribution in [0.2, 0.25) is 0 Å². The predicted molar refractivity (Wildman–Crippen MR) is 106 cm³/mol. The zero-order chi connectivity index (χ0) is 20.3. The molecular formula is C20H24N4O4. The summed E-state index contributed by atoms with van der Waals surface area (Å²) in [5.41, 5.74) is 6.43. The van der Waals surface area contributed by atoms with E-state index >= 15 is 0 Å². The van der Waals surface area contributed by atoms with E-state index in [9.17, 15) is 9.90 Å². The number of hydroxylamine groups is 1. The molecule has 28 heavy (non-hydrogen) atoms. The van der Waals surface area contributed by atoms with Crippen molar-refractivity contribution in [3.8, 4) is 0 Å². The Labute approximate surface area is 162 Å². The molecule has 1 unspecified atom stereocenters. The van der Waals surface area contributed by atoms with E-state index in [4.69, 9.17) is 9.94 Å². The maximum Gasteiger partial charge on any atom is 0.279 e. The lowest BCUT2D eigenvalue weighted by Gasteiger charge is -2.14. The molecule has 8 nitrogen and oxygen atoms in total. The first kappa shape index (κ1) is 19.8. The zero-order valence-corrected chi connectivity index (χ0v) is 16.1. The number of anilines is 2. The summed E-state index contributed by atoms with van der Waals surface area (Å²) in [4.78, 5) is 22.2. The van der Waals surface area contributed by atoms with Gasteiger partial charge in [-0.15, -0.1) is 0 Å². The Morgan fingerprint density at radius 2 is 2.11 bits per heavy atom. The van der Waals surface area contributed by atoms with Crippen LogP contribution in [0.1, 0.15) is 21.5 Å². The Kier molecular flexibility index (Phi) is 5.93. The van der Waals surface area contributed by atoms with Crippen molar-refractivity contribution in [1.82, 2.24) is 15.0 Å². The Morgan fingerprint density at radius 1 is 1.32 bits per heavy atom. The molecule has 0 saturated carbocycles. The van der Waals surface area contributed by atoms with Crippen LogP contribution >= 0.6 is 0 Å². The first-order chi connectivity index (χ1) is 13.4. The molecule has 8 heteroatoms. The number of aliphatic hydroxyl groups excluding tert-OH is 2. The van der Waals surface area contributed by atoms with E-state index in [2.05, 4.69) is 21.8 Å². The summed E-state index contributed by atoms with van der Waals surface area (Å²) in [6, 6.07) is 9.59. The average molecular weight is 384 g/mol. The van der Waals surface area contributed by atoms with Crippen molar-refractivity contribution >= 4 is 28.4 Å². The fourth-order valence-electron chi connectivity index (χ4n) is 3.03. The Hall–Kier alpha value is -2.94. The summed E-state index contributed by atoms with van der Waals surface area (Å²) < 4.78 is 1.81. The number of fused-ring (bicyclic) bond motifs is 1. The number of aryl methyl sites for hydroxylation is 3. The molecule has 0 spiro atoms. The van der Waals surface area contributed by atoms with Crippen LogP contribution in [-0.2, 0) is 11.9 Å². The monoisotopic (exact) mass is 384 g/mol. The highest BCUT2D eigenvalue weighted by Gasteiger charge is 2.23. The number of aliphatic hydroxyl groups is 2. The van der Waals surface area contributed by atoms with Gasteiger partial charge in [0.05, 0.1) is 12.2 Å². The molecule has 0 aliphatic rings. The molecule has 1 aromatic carbocycles. The fraction of sp³-hybridized carbons (Fsp3) is 0.300. The molecular weight excluding hydrogens is 360 g/mol. The van der Waals surface area contributed by atoms with Gasteiger partial charge in [0.25, 0.3) is 5.91 Å². The van der Waals surface area contributed by atoms with Crippen LogP contribution in [0.4, 0.5) is 11.5 Å². The van der Waals surface area contributed by atoms with Gasteiger partial charge in [0.1, 0.15) is 24.2 Å². The SMILES string of the molecule is Cc1ccc(Nc2c(C(=O)NOCC(O)CO)c3cccnc3n2C)c(C)c1. The molecule has 0 saturated heterocycles. The highest BCUT2D eigenvalue weighted by Crippen LogP contribution is 2.31. The van der Waals surface area contributed by atoms with E-state index in [0.29, 0.717) is 22.4 Å². The van der Waals surface area contributed by atoms with Crippen molar-refractivity contribution in [2.75, 3.05) is 18.5 Å². The van der Waals surface area contributed by atoms with Crippen LogP contribution in [0.15, 0.2) is 36.5 Å². The van der Waals surface area contributed by atoms with Crippen molar-refractivity contribution in [3.63, 3.8) is 0 Å². The van der Waals surface area contributed by atoms with Gasteiger partial charge in [0.2, 0.25) is 0 Å². The zero-order valence-electron chi connectivity index (χ0n) is 16.1. The van der Waals surface area contributed by atoms with E-state index in [0.717, 1.165) is 16.8 Å². The Morgan fingerprint density at radius 3 is 2.82 bits per heavy atom. The Balaban J connectivity index is 1.98. The number of carbonyl (C=O) groups is 1. The number of pyridine rings is 1. The van der Waals surface area contributed by atoms with Crippen LogP contribution in [0.5, 0.6) is 0 Å².